The molecule has 29 heavy (non-hydrogen) atoms. The minimum atomic E-state index is -0.488. The van der Waals surface area contributed by atoms with Crippen LogP contribution in [0.3, 0.4) is 0 Å². The van der Waals surface area contributed by atoms with Crippen LogP contribution in [0.5, 0.6) is 0 Å². The number of hydrogen-bond donors (Lipinski definition) is 0. The lowest BCUT2D eigenvalue weighted by molar-refractivity contribution is 0.0269. The Hall–Kier alpha value is -2.83. The molecule has 0 radical (unpaired) electrons. The molecule has 1 atom stereocenters. The van der Waals surface area contributed by atoms with E-state index >= 15 is 0 Å². The first kappa shape index (κ1) is 19.5. The number of carbonyl (C=O) groups is 1. The number of aromatic nitrogens is 2. The van der Waals surface area contributed by atoms with Gasteiger partial charge in [-0.2, -0.15) is 0 Å². The number of nitrogens with zero attached hydrogens (tertiary/aromatic N) is 4. The van der Waals surface area contributed by atoms with E-state index in [4.69, 9.17) is 9.15 Å². The van der Waals surface area contributed by atoms with E-state index in [1.807, 2.05) is 45.0 Å². The summed E-state index contributed by atoms with van der Waals surface area (Å²) in [5.74, 6) is 1.17. The first-order valence-corrected chi connectivity index (χ1v) is 10.1. The average Bonchev–Trinajstić information content (AvgIpc) is 3.05. The fraction of sp³-hybridized carbons (Fsp3) is 0.500. The van der Waals surface area contributed by atoms with Crippen molar-refractivity contribution in [2.75, 3.05) is 31.6 Å². The molecule has 0 bridgehead atoms. The Labute approximate surface area is 170 Å². The summed E-state index contributed by atoms with van der Waals surface area (Å²) in [7, 11) is 1.80. The largest absolute Gasteiger partial charge is 0.450 e. The lowest BCUT2D eigenvalue weighted by Gasteiger charge is -2.35. The number of amides is 1. The molecule has 0 N–H and O–H groups in total. The molecule has 7 heteroatoms. The predicted molar refractivity (Wildman–Crippen MR) is 113 cm³/mol. The predicted octanol–water partition coefficient (Wildman–Crippen LogP) is 4.46. The molecule has 7 nitrogen and oxygen atoms in total. The zero-order valence-corrected chi connectivity index (χ0v) is 17.5. The first-order valence-electron chi connectivity index (χ1n) is 10.1. The summed E-state index contributed by atoms with van der Waals surface area (Å²) >= 11 is 0. The van der Waals surface area contributed by atoms with E-state index in [1.165, 1.54) is 0 Å². The molecule has 154 valence electrons. The molecule has 1 aromatic carbocycles. The third kappa shape index (κ3) is 4.13. The number of anilines is 1. The van der Waals surface area contributed by atoms with E-state index in [0.29, 0.717) is 12.5 Å². The Morgan fingerprint density at radius 1 is 1.31 bits per heavy atom. The van der Waals surface area contributed by atoms with Crippen LogP contribution in [0.15, 0.2) is 35.0 Å². The maximum Gasteiger partial charge on any atom is 0.410 e. The highest BCUT2D eigenvalue weighted by atomic mass is 16.6. The molecule has 1 aliphatic rings. The van der Waals surface area contributed by atoms with Crippen molar-refractivity contribution in [1.29, 1.82) is 0 Å². The van der Waals surface area contributed by atoms with Crippen LogP contribution in [0.1, 0.15) is 33.6 Å². The normalized spacial score (nSPS) is 17.7. The van der Waals surface area contributed by atoms with E-state index in [1.54, 1.807) is 18.3 Å². The fourth-order valence-electron chi connectivity index (χ4n) is 3.94. The summed E-state index contributed by atoms with van der Waals surface area (Å²) in [6, 6.07) is 7.92. The second-order valence-corrected chi connectivity index (χ2v) is 8.79. The second-order valence-electron chi connectivity index (χ2n) is 8.79. The SMILES string of the molecule is CN(C[C@H]1CCCN(c2ncnc3c2oc2ccccc23)C1)C(=O)OC(C)(C)C. The highest BCUT2D eigenvalue weighted by Gasteiger charge is 2.27. The molecule has 2 aromatic heterocycles. The van der Waals surface area contributed by atoms with Gasteiger partial charge in [0.1, 0.15) is 23.0 Å². The number of rotatable bonds is 3. The summed E-state index contributed by atoms with van der Waals surface area (Å²) in [6.07, 6.45) is 3.43. The third-order valence-electron chi connectivity index (χ3n) is 5.19. The topological polar surface area (TPSA) is 71.7 Å². The van der Waals surface area contributed by atoms with Gasteiger partial charge in [-0.05, 0) is 51.7 Å². The van der Waals surface area contributed by atoms with Crippen LogP contribution in [0, 0.1) is 5.92 Å². The minimum Gasteiger partial charge on any atom is -0.450 e. The van der Waals surface area contributed by atoms with Gasteiger partial charge in [0.15, 0.2) is 11.4 Å². The second kappa shape index (κ2) is 7.54. The molecule has 0 spiro atoms. The van der Waals surface area contributed by atoms with Gasteiger partial charge in [0.2, 0.25) is 0 Å². The van der Waals surface area contributed by atoms with E-state index in [0.717, 1.165) is 53.8 Å². The van der Waals surface area contributed by atoms with Crippen LogP contribution >= 0.6 is 0 Å². The van der Waals surface area contributed by atoms with Gasteiger partial charge < -0.3 is 19.0 Å². The van der Waals surface area contributed by atoms with Crippen molar-refractivity contribution in [1.82, 2.24) is 14.9 Å². The fourth-order valence-corrected chi connectivity index (χ4v) is 3.94. The Kier molecular flexibility index (Phi) is 5.06. The molecule has 1 aliphatic heterocycles. The van der Waals surface area contributed by atoms with Gasteiger partial charge >= 0.3 is 6.09 Å². The van der Waals surface area contributed by atoms with E-state index < -0.39 is 5.60 Å². The average molecular weight is 396 g/mol. The molecule has 1 amide bonds. The van der Waals surface area contributed by atoms with Crippen LogP contribution in [-0.2, 0) is 4.74 Å². The van der Waals surface area contributed by atoms with E-state index in [2.05, 4.69) is 14.9 Å². The smallest absolute Gasteiger partial charge is 0.410 e. The van der Waals surface area contributed by atoms with Gasteiger partial charge in [0.25, 0.3) is 0 Å². The maximum absolute atomic E-state index is 12.3. The summed E-state index contributed by atoms with van der Waals surface area (Å²) in [5, 5.41) is 1.00. The summed E-state index contributed by atoms with van der Waals surface area (Å²) in [5.41, 5.74) is 1.91. The lowest BCUT2D eigenvalue weighted by atomic mass is 9.97. The van der Waals surface area contributed by atoms with Gasteiger partial charge in [0, 0.05) is 32.1 Å². The van der Waals surface area contributed by atoms with Gasteiger partial charge in [0.05, 0.1) is 0 Å². The molecule has 1 saturated heterocycles. The Balaban J connectivity index is 1.52. The van der Waals surface area contributed by atoms with Crippen LogP contribution in [0.25, 0.3) is 22.1 Å². The molecule has 0 saturated carbocycles. The summed E-state index contributed by atoms with van der Waals surface area (Å²) < 4.78 is 11.6. The van der Waals surface area contributed by atoms with Crippen LogP contribution in [0.4, 0.5) is 10.6 Å². The molecule has 3 heterocycles. The Morgan fingerprint density at radius 3 is 2.90 bits per heavy atom. The molecule has 0 aliphatic carbocycles. The lowest BCUT2D eigenvalue weighted by Crippen LogP contribution is -2.43. The standard InChI is InChI=1S/C22H28N4O3/c1-22(2,3)29-21(27)25(4)12-15-8-7-11-26(13-15)20-19-18(23-14-24-20)16-9-5-6-10-17(16)28-19/h5-6,9-10,14-15H,7-8,11-13H2,1-4H3/t15-/m1/s1. The van der Waals surface area contributed by atoms with Crippen molar-refractivity contribution < 1.29 is 13.9 Å². The van der Waals surface area contributed by atoms with Crippen molar-refractivity contribution in [3.8, 4) is 0 Å². The van der Waals surface area contributed by atoms with Crippen molar-refractivity contribution in [2.24, 2.45) is 5.92 Å². The van der Waals surface area contributed by atoms with Crippen molar-refractivity contribution in [3.05, 3.63) is 30.6 Å². The number of carbonyl (C=O) groups excluding carboxylic acids is 1. The number of fused-ring (bicyclic) bond motifs is 3. The molecule has 3 aromatic rings. The van der Waals surface area contributed by atoms with Gasteiger partial charge in [-0.1, -0.05) is 12.1 Å². The summed E-state index contributed by atoms with van der Waals surface area (Å²) in [6.45, 7) is 8.03. The molecular weight excluding hydrogens is 368 g/mol. The van der Waals surface area contributed by atoms with Crippen molar-refractivity contribution in [2.45, 2.75) is 39.2 Å². The highest BCUT2D eigenvalue weighted by molar-refractivity contribution is 6.05. The van der Waals surface area contributed by atoms with E-state index in [9.17, 15) is 4.79 Å². The number of para-hydroxylation sites is 1. The summed E-state index contributed by atoms with van der Waals surface area (Å²) in [4.78, 5) is 25.2. The molecular formula is C22H28N4O3. The van der Waals surface area contributed by atoms with Gasteiger partial charge in [-0.25, -0.2) is 14.8 Å². The number of ether oxygens (including phenoxy) is 1. The van der Waals surface area contributed by atoms with Gasteiger partial charge in [-0.15, -0.1) is 0 Å². The third-order valence-corrected chi connectivity index (χ3v) is 5.19. The van der Waals surface area contributed by atoms with Crippen LogP contribution < -0.4 is 4.90 Å². The zero-order chi connectivity index (χ0) is 20.6. The van der Waals surface area contributed by atoms with Gasteiger partial charge in [-0.3, -0.25) is 0 Å². The van der Waals surface area contributed by atoms with E-state index in [-0.39, 0.29) is 6.09 Å². The Morgan fingerprint density at radius 2 is 2.10 bits per heavy atom. The number of benzene rings is 1. The number of furan rings is 1. The Bertz CT molecular complexity index is 1020. The monoisotopic (exact) mass is 396 g/mol. The molecule has 4 rings (SSSR count). The van der Waals surface area contributed by atoms with Crippen molar-refractivity contribution >= 4 is 34.0 Å². The first-order chi connectivity index (χ1) is 13.8. The van der Waals surface area contributed by atoms with Crippen molar-refractivity contribution in [3.63, 3.8) is 0 Å². The maximum atomic E-state index is 12.3. The zero-order valence-electron chi connectivity index (χ0n) is 17.5. The highest BCUT2D eigenvalue weighted by Crippen LogP contribution is 2.33. The number of hydrogen-bond acceptors (Lipinski definition) is 6. The molecule has 0 unspecified atom stereocenters. The number of piperidine rings is 1. The van der Waals surface area contributed by atoms with Crippen LogP contribution in [-0.4, -0.2) is 53.2 Å². The minimum absolute atomic E-state index is 0.281. The van der Waals surface area contributed by atoms with Crippen LogP contribution in [0.2, 0.25) is 0 Å². The quantitative estimate of drug-likeness (QED) is 0.651. The molecule has 1 fully saturated rings.